The van der Waals surface area contributed by atoms with Crippen molar-refractivity contribution in [1.29, 1.82) is 0 Å². The maximum absolute atomic E-state index is 13.1. The van der Waals surface area contributed by atoms with Crippen LogP contribution in [0.5, 0.6) is 0 Å². The number of hydrogen-bond acceptors (Lipinski definition) is 3. The first kappa shape index (κ1) is 13.4. The Labute approximate surface area is 112 Å². The molecular weight excluding hydrogens is 278 g/mol. The highest BCUT2D eigenvalue weighted by Crippen LogP contribution is 2.20. The summed E-state index contributed by atoms with van der Waals surface area (Å²) in [5.41, 5.74) is -0.146. The van der Waals surface area contributed by atoms with Crippen molar-refractivity contribution in [3.05, 3.63) is 46.5 Å². The van der Waals surface area contributed by atoms with Gasteiger partial charge in [0.25, 0.3) is 5.91 Å². The van der Waals surface area contributed by atoms with Gasteiger partial charge in [0.05, 0.1) is 16.6 Å². The van der Waals surface area contributed by atoms with Crippen molar-refractivity contribution in [2.24, 2.45) is 0 Å². The molecule has 8 heteroatoms. The molecule has 0 radical (unpaired) electrons. The topological polar surface area (TPSA) is 70.7 Å². The van der Waals surface area contributed by atoms with Crippen LogP contribution in [0.15, 0.2) is 18.5 Å². The van der Waals surface area contributed by atoms with Gasteiger partial charge in [-0.3, -0.25) is 9.89 Å². The molecule has 0 aliphatic rings. The predicted octanol–water partition coefficient (Wildman–Crippen LogP) is 2.23. The smallest absolute Gasteiger partial charge is 0.253 e. The number of nitrogens with zero attached hydrogens (tertiary/aromatic N) is 2. The summed E-state index contributed by atoms with van der Waals surface area (Å²) >= 11 is 5.70. The molecule has 2 rings (SSSR count). The van der Waals surface area contributed by atoms with Crippen molar-refractivity contribution in [2.75, 3.05) is 0 Å². The number of hydrogen-bond donors (Lipinski definition) is 2. The Balaban J connectivity index is 2.19. The van der Waals surface area contributed by atoms with Gasteiger partial charge in [-0.2, -0.15) is 5.10 Å². The van der Waals surface area contributed by atoms with E-state index in [0.717, 1.165) is 12.1 Å². The number of benzene rings is 1. The molecule has 2 N–H and O–H groups in total. The van der Waals surface area contributed by atoms with Gasteiger partial charge in [0.1, 0.15) is 12.2 Å². The maximum atomic E-state index is 13.1. The van der Waals surface area contributed by atoms with Crippen LogP contribution in [-0.4, -0.2) is 21.1 Å². The minimum absolute atomic E-state index is 0.146. The number of rotatable bonds is 3. The van der Waals surface area contributed by atoms with Crippen LogP contribution in [-0.2, 0) is 0 Å². The van der Waals surface area contributed by atoms with Crippen LogP contribution in [0.25, 0.3) is 0 Å². The molecule has 100 valence electrons. The Morgan fingerprint density at radius 1 is 1.42 bits per heavy atom. The Bertz CT molecular complexity index is 603. The van der Waals surface area contributed by atoms with Crippen LogP contribution >= 0.6 is 11.6 Å². The van der Waals surface area contributed by atoms with Gasteiger partial charge in [0.2, 0.25) is 0 Å². The highest BCUT2D eigenvalue weighted by atomic mass is 35.5. The third kappa shape index (κ3) is 2.87. The molecule has 0 saturated heterocycles. The number of amides is 1. The van der Waals surface area contributed by atoms with Crippen LogP contribution in [0, 0.1) is 11.6 Å². The van der Waals surface area contributed by atoms with Gasteiger partial charge in [0.15, 0.2) is 11.6 Å². The van der Waals surface area contributed by atoms with E-state index >= 15 is 0 Å². The van der Waals surface area contributed by atoms with Crippen LogP contribution in [0.4, 0.5) is 8.78 Å². The summed E-state index contributed by atoms with van der Waals surface area (Å²) in [5, 5.41) is 8.60. The lowest BCUT2D eigenvalue weighted by atomic mass is 10.2. The fourth-order valence-electron chi connectivity index (χ4n) is 1.46. The maximum Gasteiger partial charge on any atom is 0.253 e. The zero-order valence-corrected chi connectivity index (χ0v) is 10.5. The monoisotopic (exact) mass is 286 g/mol. The number of aromatic amines is 1. The van der Waals surface area contributed by atoms with Crippen molar-refractivity contribution in [3.8, 4) is 0 Å². The number of nitrogens with one attached hydrogen (secondary N) is 2. The summed E-state index contributed by atoms with van der Waals surface area (Å²) in [6.45, 7) is 1.66. The molecule has 5 nitrogen and oxygen atoms in total. The lowest BCUT2D eigenvalue weighted by Gasteiger charge is -2.12. The standard InChI is InChI=1S/C11H9ClF2N4O/c1-5(10-15-4-16-18-10)17-11(19)6-2-8(13)9(14)3-7(6)12/h2-5H,1H3,(H,17,19)(H,15,16,18). The molecule has 1 heterocycles. The van der Waals surface area contributed by atoms with Crippen LogP contribution in [0.2, 0.25) is 5.02 Å². The van der Waals surface area contributed by atoms with E-state index in [4.69, 9.17) is 11.6 Å². The first-order chi connectivity index (χ1) is 8.99. The van der Waals surface area contributed by atoms with Crippen molar-refractivity contribution >= 4 is 17.5 Å². The molecule has 1 aromatic carbocycles. The first-order valence-corrected chi connectivity index (χ1v) is 5.67. The van der Waals surface area contributed by atoms with E-state index in [1.807, 2.05) is 0 Å². The molecule has 1 unspecified atom stereocenters. The molecule has 0 aliphatic heterocycles. The van der Waals surface area contributed by atoms with Crippen LogP contribution < -0.4 is 5.32 Å². The summed E-state index contributed by atoms with van der Waals surface area (Å²) < 4.78 is 26.0. The predicted molar refractivity (Wildman–Crippen MR) is 63.6 cm³/mol. The Morgan fingerprint density at radius 3 is 2.74 bits per heavy atom. The van der Waals surface area contributed by atoms with Gasteiger partial charge in [-0.1, -0.05) is 11.6 Å². The second-order valence-electron chi connectivity index (χ2n) is 3.81. The molecule has 1 atom stereocenters. The minimum atomic E-state index is -1.14. The van der Waals surface area contributed by atoms with E-state index in [2.05, 4.69) is 20.5 Å². The summed E-state index contributed by atoms with van der Waals surface area (Å²) in [7, 11) is 0. The quantitative estimate of drug-likeness (QED) is 0.850. The Hall–Kier alpha value is -2.02. The van der Waals surface area contributed by atoms with Gasteiger partial charge < -0.3 is 5.32 Å². The fourth-order valence-corrected chi connectivity index (χ4v) is 1.70. The lowest BCUT2D eigenvalue weighted by molar-refractivity contribution is 0.0938. The molecule has 0 bridgehead atoms. The third-order valence-electron chi connectivity index (χ3n) is 2.45. The Morgan fingerprint density at radius 2 is 2.11 bits per heavy atom. The van der Waals surface area contributed by atoms with E-state index < -0.39 is 23.6 Å². The van der Waals surface area contributed by atoms with Crippen LogP contribution in [0.3, 0.4) is 0 Å². The molecule has 0 spiro atoms. The Kier molecular flexibility index (Phi) is 3.75. The van der Waals surface area contributed by atoms with Crippen molar-refractivity contribution in [3.63, 3.8) is 0 Å². The normalized spacial score (nSPS) is 12.2. The molecule has 19 heavy (non-hydrogen) atoms. The van der Waals surface area contributed by atoms with Crippen molar-refractivity contribution < 1.29 is 13.6 Å². The largest absolute Gasteiger partial charge is 0.342 e. The highest BCUT2D eigenvalue weighted by molar-refractivity contribution is 6.33. The van der Waals surface area contributed by atoms with Gasteiger partial charge in [-0.25, -0.2) is 13.8 Å². The number of carbonyl (C=O) groups excluding carboxylic acids is 1. The number of carbonyl (C=O) groups is 1. The molecule has 1 aromatic heterocycles. The molecule has 0 aliphatic carbocycles. The second-order valence-corrected chi connectivity index (χ2v) is 4.22. The minimum Gasteiger partial charge on any atom is -0.342 e. The molecule has 1 amide bonds. The van der Waals surface area contributed by atoms with E-state index in [0.29, 0.717) is 5.82 Å². The zero-order chi connectivity index (χ0) is 14.0. The van der Waals surface area contributed by atoms with Gasteiger partial charge in [-0.15, -0.1) is 0 Å². The van der Waals surface area contributed by atoms with Crippen LogP contribution in [0.1, 0.15) is 29.1 Å². The molecule has 0 fully saturated rings. The first-order valence-electron chi connectivity index (χ1n) is 5.29. The van der Waals surface area contributed by atoms with Gasteiger partial charge in [0, 0.05) is 0 Å². The van der Waals surface area contributed by atoms with E-state index in [1.54, 1.807) is 6.92 Å². The van der Waals surface area contributed by atoms with E-state index in [1.165, 1.54) is 6.33 Å². The average molecular weight is 287 g/mol. The van der Waals surface area contributed by atoms with E-state index in [-0.39, 0.29) is 10.6 Å². The van der Waals surface area contributed by atoms with E-state index in [9.17, 15) is 13.6 Å². The number of H-pyrrole nitrogens is 1. The highest BCUT2D eigenvalue weighted by Gasteiger charge is 2.18. The van der Waals surface area contributed by atoms with Gasteiger partial charge >= 0.3 is 0 Å². The SMILES string of the molecule is CC(NC(=O)c1cc(F)c(F)cc1Cl)c1ncn[nH]1. The number of halogens is 3. The van der Waals surface area contributed by atoms with Crippen molar-refractivity contribution in [2.45, 2.75) is 13.0 Å². The molecule has 0 saturated carbocycles. The number of aromatic nitrogens is 3. The second kappa shape index (κ2) is 5.31. The summed E-state index contributed by atoms with van der Waals surface area (Å²) in [6.07, 6.45) is 1.29. The van der Waals surface area contributed by atoms with Crippen molar-refractivity contribution in [1.82, 2.24) is 20.5 Å². The summed E-state index contributed by atoms with van der Waals surface area (Å²) in [4.78, 5) is 15.8. The molecule has 2 aromatic rings. The summed E-state index contributed by atoms with van der Waals surface area (Å²) in [5.74, 6) is -2.44. The summed E-state index contributed by atoms with van der Waals surface area (Å²) in [6, 6.07) is 1.03. The zero-order valence-electron chi connectivity index (χ0n) is 9.75. The average Bonchev–Trinajstić information content (AvgIpc) is 2.87. The lowest BCUT2D eigenvalue weighted by Crippen LogP contribution is -2.27. The third-order valence-corrected chi connectivity index (χ3v) is 2.76. The van der Waals surface area contributed by atoms with Gasteiger partial charge in [-0.05, 0) is 19.1 Å². The fraction of sp³-hybridized carbons (Fsp3) is 0.182. The molecular formula is C11H9ClF2N4O.